The molecule has 9 amide bonds. The van der Waals surface area contributed by atoms with E-state index in [-0.39, 0.29) is 31.7 Å². The highest BCUT2D eigenvalue weighted by molar-refractivity contribution is 6.18. The molecule has 0 unspecified atom stereocenters. The minimum atomic E-state index is -1.45. The molecule has 2 aliphatic rings. The average molecular weight is 1130 g/mol. The molecule has 21 nitrogen and oxygen atoms in total. The minimum absolute atomic E-state index is 0.0206. The van der Waals surface area contributed by atoms with Crippen LogP contribution in [-0.4, -0.2) is 204 Å². The summed E-state index contributed by atoms with van der Waals surface area (Å²) in [7, 11) is 8.74. The Morgan fingerprint density at radius 1 is 0.620 bits per heavy atom. The number of nitrogens with zero attached hydrogens (tertiary/aromatic N) is 6. The van der Waals surface area contributed by atoms with Gasteiger partial charge in [-0.3, -0.25) is 43.2 Å². The van der Waals surface area contributed by atoms with Crippen LogP contribution in [-0.2, 0) is 59.1 Å². The molecule has 0 spiro atoms. The standard InChI is InChI=1S/C57H92ClN9O12/c1-18-35(9)47-49(69)59-31-43(68)63(13)45(33(5)6)50(70)60-40(30-38-23-25-39(78-17)26-24-38)57(77)79-37(11)52(72)67-29-21-20-22-42(67)54(74)64(14)46(34(7)8)51(71)61-44(32(3)4)55(75)62(12)41(27-28-58)53(73)66(16)48(36(10)19-2)56(76)65(47)15/h23-26,32-37,40-42,44-48H,18-22,27-31H2,1-17H3,(H,59,69)(H,60,70)(H,61,71)/t35-,36+,37-,40+,41+,42+,44+,45+,46+,47+,48+/m1/s1. The van der Waals surface area contributed by atoms with Gasteiger partial charge in [0.05, 0.1) is 13.7 Å². The van der Waals surface area contributed by atoms with Gasteiger partial charge in [0.15, 0.2) is 6.10 Å². The maximum absolute atomic E-state index is 14.9. The summed E-state index contributed by atoms with van der Waals surface area (Å²) in [5.74, 6) is -8.62. The number of ether oxygens (including phenoxy) is 2. The van der Waals surface area contributed by atoms with E-state index in [0.717, 1.165) is 0 Å². The first kappa shape index (κ1) is 67.3. The number of rotatable bonds is 12. The van der Waals surface area contributed by atoms with Gasteiger partial charge in [-0.25, -0.2) is 4.79 Å². The van der Waals surface area contributed by atoms with Crippen molar-refractivity contribution in [2.45, 2.75) is 176 Å². The molecule has 444 valence electrons. The molecule has 0 saturated carbocycles. The first-order valence-corrected chi connectivity index (χ1v) is 28.5. The molecule has 1 aromatic carbocycles. The fourth-order valence-corrected chi connectivity index (χ4v) is 10.9. The van der Waals surface area contributed by atoms with Crippen molar-refractivity contribution in [1.29, 1.82) is 0 Å². The van der Waals surface area contributed by atoms with Crippen molar-refractivity contribution < 1.29 is 57.4 Å². The lowest BCUT2D eigenvalue weighted by Crippen LogP contribution is -2.63. The molecule has 0 aliphatic carbocycles. The van der Waals surface area contributed by atoms with E-state index in [1.54, 1.807) is 79.7 Å². The number of halogens is 1. The number of hydrogen-bond donors (Lipinski definition) is 3. The summed E-state index contributed by atoms with van der Waals surface area (Å²) >= 11 is 6.34. The molecular weight excluding hydrogens is 1040 g/mol. The normalized spacial score (nSPS) is 27.0. The summed E-state index contributed by atoms with van der Waals surface area (Å²) in [5, 5.41) is 8.35. The van der Waals surface area contributed by atoms with E-state index in [1.165, 1.54) is 78.7 Å². The maximum Gasteiger partial charge on any atom is 0.329 e. The third kappa shape index (κ3) is 16.8. The van der Waals surface area contributed by atoms with Crippen molar-refractivity contribution in [1.82, 2.24) is 45.3 Å². The number of fused-ring (bicyclic) bond motifs is 1. The van der Waals surface area contributed by atoms with Gasteiger partial charge in [-0.15, -0.1) is 11.6 Å². The Kier molecular flexibility index (Phi) is 26.0. The molecule has 79 heavy (non-hydrogen) atoms. The van der Waals surface area contributed by atoms with Gasteiger partial charge < -0.3 is 54.8 Å². The fraction of sp³-hybridized carbons (Fsp3) is 0.719. The number of nitrogens with one attached hydrogen (secondary N) is 3. The van der Waals surface area contributed by atoms with Crippen molar-refractivity contribution >= 4 is 70.7 Å². The number of methoxy groups -OCH3 is 1. The lowest BCUT2D eigenvalue weighted by Gasteiger charge is -2.41. The lowest BCUT2D eigenvalue weighted by molar-refractivity contribution is -0.165. The molecule has 0 radical (unpaired) electrons. The first-order chi connectivity index (χ1) is 37.0. The van der Waals surface area contributed by atoms with Crippen molar-refractivity contribution in [3.8, 4) is 5.75 Å². The van der Waals surface area contributed by atoms with E-state index < -0.39 is 150 Å². The Balaban J connectivity index is 2.26. The number of cyclic esters (lactones) is 1. The summed E-state index contributed by atoms with van der Waals surface area (Å²) in [6.07, 6.45) is 0.672. The molecule has 2 saturated heterocycles. The van der Waals surface area contributed by atoms with Crippen LogP contribution in [0.4, 0.5) is 0 Å². The third-order valence-electron chi connectivity index (χ3n) is 15.8. The third-order valence-corrected chi connectivity index (χ3v) is 16.0. The highest BCUT2D eigenvalue weighted by Gasteiger charge is 2.45. The summed E-state index contributed by atoms with van der Waals surface area (Å²) in [5.41, 5.74) is 0.598. The molecule has 22 heteroatoms. The van der Waals surface area contributed by atoms with E-state index in [2.05, 4.69) is 16.0 Å². The van der Waals surface area contributed by atoms with Gasteiger partial charge in [-0.2, -0.15) is 0 Å². The largest absolute Gasteiger partial charge is 0.497 e. The van der Waals surface area contributed by atoms with E-state index in [9.17, 15) is 47.9 Å². The monoisotopic (exact) mass is 1130 g/mol. The van der Waals surface area contributed by atoms with Gasteiger partial charge in [0, 0.05) is 54.1 Å². The van der Waals surface area contributed by atoms with E-state index >= 15 is 0 Å². The van der Waals surface area contributed by atoms with Crippen LogP contribution in [0.25, 0.3) is 0 Å². The summed E-state index contributed by atoms with van der Waals surface area (Å²) in [6.45, 7) is 18.6. The van der Waals surface area contributed by atoms with Crippen molar-refractivity contribution in [3.63, 3.8) is 0 Å². The number of piperidine rings is 1. The molecule has 2 aliphatic heterocycles. The highest BCUT2D eigenvalue weighted by atomic mass is 35.5. The number of carbonyl (C=O) groups excluding carboxylic acids is 10. The number of carbonyl (C=O) groups is 10. The van der Waals surface area contributed by atoms with Crippen LogP contribution < -0.4 is 20.7 Å². The molecule has 0 bridgehead atoms. The second-order valence-electron chi connectivity index (χ2n) is 22.5. The smallest absolute Gasteiger partial charge is 0.329 e. The van der Waals surface area contributed by atoms with Gasteiger partial charge in [0.1, 0.15) is 54.1 Å². The summed E-state index contributed by atoms with van der Waals surface area (Å²) < 4.78 is 11.2. The molecule has 11 atom stereocenters. The van der Waals surface area contributed by atoms with Crippen LogP contribution in [0.1, 0.15) is 120 Å². The first-order valence-electron chi connectivity index (χ1n) is 27.9. The zero-order valence-electron chi connectivity index (χ0n) is 49.9. The van der Waals surface area contributed by atoms with Crippen LogP contribution >= 0.6 is 11.6 Å². The molecule has 2 fully saturated rings. The molecule has 1 aromatic rings. The molecule has 3 N–H and O–H groups in total. The highest BCUT2D eigenvalue weighted by Crippen LogP contribution is 2.26. The van der Waals surface area contributed by atoms with E-state index in [4.69, 9.17) is 21.1 Å². The molecule has 0 aromatic heterocycles. The Morgan fingerprint density at radius 2 is 1.15 bits per heavy atom. The van der Waals surface area contributed by atoms with Gasteiger partial charge in [-0.05, 0) is 79.9 Å². The molecule has 3 rings (SSSR count). The van der Waals surface area contributed by atoms with Gasteiger partial charge in [0.2, 0.25) is 47.3 Å². The van der Waals surface area contributed by atoms with Crippen LogP contribution in [0.2, 0.25) is 0 Å². The second-order valence-corrected chi connectivity index (χ2v) is 22.9. The van der Waals surface area contributed by atoms with Gasteiger partial charge in [-0.1, -0.05) is 94.2 Å². The number of alkyl halides is 1. The van der Waals surface area contributed by atoms with Crippen LogP contribution in [0.3, 0.4) is 0 Å². The average Bonchev–Trinajstić information content (AvgIpc) is 3.41. The molecule has 2 heterocycles. The van der Waals surface area contributed by atoms with E-state index in [0.29, 0.717) is 37.0 Å². The predicted molar refractivity (Wildman–Crippen MR) is 300 cm³/mol. The second kappa shape index (κ2) is 30.6. The zero-order valence-corrected chi connectivity index (χ0v) is 50.7. The van der Waals surface area contributed by atoms with Gasteiger partial charge in [0.25, 0.3) is 5.91 Å². The molecular formula is C57H92ClN9O12. The predicted octanol–water partition coefficient (Wildman–Crippen LogP) is 3.47. The fourth-order valence-electron chi connectivity index (χ4n) is 10.7. The quantitative estimate of drug-likeness (QED) is 0.201. The van der Waals surface area contributed by atoms with E-state index in [1.807, 2.05) is 13.8 Å². The minimum Gasteiger partial charge on any atom is -0.497 e. The zero-order chi connectivity index (χ0) is 59.9. The maximum atomic E-state index is 14.9. The van der Waals surface area contributed by atoms with Crippen LogP contribution in [0.15, 0.2) is 24.3 Å². The number of esters is 1. The summed E-state index contributed by atoms with van der Waals surface area (Å²) in [6, 6.07) is -2.65. The number of amides is 9. The summed E-state index contributed by atoms with van der Waals surface area (Å²) in [4.78, 5) is 153. The van der Waals surface area contributed by atoms with Crippen molar-refractivity contribution in [3.05, 3.63) is 29.8 Å². The number of benzene rings is 1. The van der Waals surface area contributed by atoms with Crippen molar-refractivity contribution in [2.24, 2.45) is 29.6 Å². The van der Waals surface area contributed by atoms with Crippen LogP contribution in [0.5, 0.6) is 5.75 Å². The van der Waals surface area contributed by atoms with Crippen molar-refractivity contribution in [2.75, 3.05) is 61.3 Å². The lowest BCUT2D eigenvalue weighted by atomic mass is 9.92. The SMILES string of the molecule is CC[C@@H](C)[C@H]1C(=O)NCC(=O)N(C)[C@@H](C(C)C)C(=O)N[C@@H](Cc2ccc(OC)cc2)C(=O)O[C@H](C)C(=O)N2CCCC[C@H]2C(=O)N(C)[C@@H](C(C)C)C(=O)N[C@@H](C(C)C)C(=O)N(C)[C@@H](CCCl)C(=O)N(C)[C@@H]([C@@H](C)CC)C(=O)N1C. The Labute approximate surface area is 473 Å². The Hall–Kier alpha value is -5.99. The number of hydrogen-bond acceptors (Lipinski definition) is 12. The topological polar surface area (TPSA) is 245 Å². The Morgan fingerprint density at radius 3 is 1.68 bits per heavy atom. The van der Waals surface area contributed by atoms with Gasteiger partial charge >= 0.3 is 5.97 Å². The van der Waals surface area contributed by atoms with Crippen LogP contribution in [0, 0.1) is 29.6 Å². The Bertz CT molecular complexity index is 2300. The number of likely N-dealkylation sites (N-methyl/N-ethyl adjacent to an activating group) is 5.